The Kier molecular flexibility index (Phi) is 8.93. The van der Waals surface area contributed by atoms with E-state index in [1.54, 1.807) is 0 Å². The second-order valence-corrected chi connectivity index (χ2v) is 6.98. The van der Waals surface area contributed by atoms with Crippen LogP contribution in [0.3, 0.4) is 0 Å². The molecule has 0 amide bonds. The second-order valence-electron chi connectivity index (χ2n) is 6.98. The Morgan fingerprint density at radius 1 is 1.38 bits per heavy atom. The number of hydrogen-bond acceptors (Lipinski definition) is 3. The third-order valence-corrected chi connectivity index (χ3v) is 4.36. The third kappa shape index (κ3) is 8.42. The summed E-state index contributed by atoms with van der Waals surface area (Å²) in [6.07, 6.45) is 5.94. The summed E-state index contributed by atoms with van der Waals surface area (Å²) in [5.41, 5.74) is 0. The molecule has 1 aliphatic rings. The predicted octanol–water partition coefficient (Wildman–Crippen LogP) is 2.98. The normalized spacial score (nSPS) is 23.6. The highest BCUT2D eigenvalue weighted by Gasteiger charge is 2.26. The number of unbranched alkanes of at least 4 members (excludes halogenated alkanes) is 1. The lowest BCUT2D eigenvalue weighted by Crippen LogP contribution is -2.49. The van der Waals surface area contributed by atoms with Crippen LogP contribution in [0.1, 0.15) is 59.3 Å². The molecule has 0 aliphatic carbocycles. The van der Waals surface area contributed by atoms with Crippen molar-refractivity contribution in [1.29, 1.82) is 0 Å². The van der Waals surface area contributed by atoms with Crippen LogP contribution in [0.25, 0.3) is 0 Å². The van der Waals surface area contributed by atoms with Crippen LogP contribution in [-0.4, -0.2) is 48.2 Å². The van der Waals surface area contributed by atoms with Gasteiger partial charge in [0.15, 0.2) is 0 Å². The molecule has 1 saturated heterocycles. The van der Waals surface area contributed by atoms with Gasteiger partial charge in [-0.05, 0) is 50.6 Å². The van der Waals surface area contributed by atoms with Gasteiger partial charge in [-0.25, -0.2) is 0 Å². The van der Waals surface area contributed by atoms with E-state index in [-0.39, 0.29) is 0 Å². The molecule has 4 heteroatoms. The minimum Gasteiger partial charge on any atom is -0.481 e. The Morgan fingerprint density at radius 2 is 2.14 bits per heavy atom. The Balaban J connectivity index is 2.42. The number of nitrogens with one attached hydrogen (secondary N) is 1. The molecule has 4 nitrogen and oxygen atoms in total. The van der Waals surface area contributed by atoms with Crippen LogP contribution in [0.5, 0.6) is 0 Å². The number of carboxylic acid groups (broad SMARTS) is 1. The van der Waals surface area contributed by atoms with Crippen molar-refractivity contribution in [3.05, 3.63) is 0 Å². The van der Waals surface area contributed by atoms with Crippen molar-refractivity contribution < 1.29 is 9.90 Å². The summed E-state index contributed by atoms with van der Waals surface area (Å²) in [5.74, 6) is 0.605. The molecule has 1 heterocycles. The Labute approximate surface area is 130 Å². The van der Waals surface area contributed by atoms with Crippen LogP contribution in [-0.2, 0) is 4.79 Å². The Morgan fingerprint density at radius 3 is 2.76 bits per heavy atom. The van der Waals surface area contributed by atoms with Crippen LogP contribution >= 0.6 is 0 Å². The monoisotopic (exact) mass is 298 g/mol. The highest BCUT2D eigenvalue weighted by Crippen LogP contribution is 2.22. The molecule has 124 valence electrons. The van der Waals surface area contributed by atoms with Crippen molar-refractivity contribution in [2.45, 2.75) is 65.3 Å². The number of aliphatic carboxylic acids is 1. The fourth-order valence-corrected chi connectivity index (χ4v) is 3.13. The zero-order chi connectivity index (χ0) is 15.7. The number of carboxylic acids is 1. The van der Waals surface area contributed by atoms with E-state index in [9.17, 15) is 4.79 Å². The number of nitrogens with zero attached hydrogens (tertiary/aromatic N) is 1. The lowest BCUT2D eigenvalue weighted by atomic mass is 9.90. The third-order valence-electron chi connectivity index (χ3n) is 4.36. The molecule has 21 heavy (non-hydrogen) atoms. The molecular formula is C17H34N2O2. The van der Waals surface area contributed by atoms with Gasteiger partial charge in [0.1, 0.15) is 0 Å². The maximum Gasteiger partial charge on any atom is 0.303 e. The molecule has 2 unspecified atom stereocenters. The fraction of sp³-hybridized carbons (Fsp3) is 0.941. The van der Waals surface area contributed by atoms with Crippen LogP contribution in [0, 0.1) is 11.8 Å². The lowest BCUT2D eigenvalue weighted by molar-refractivity contribution is -0.137. The van der Waals surface area contributed by atoms with Gasteiger partial charge in [0, 0.05) is 25.6 Å². The topological polar surface area (TPSA) is 52.6 Å². The van der Waals surface area contributed by atoms with Crippen LogP contribution in [0.2, 0.25) is 0 Å². The van der Waals surface area contributed by atoms with Crippen molar-refractivity contribution in [2.75, 3.05) is 26.2 Å². The minimum atomic E-state index is -0.662. The van der Waals surface area contributed by atoms with Gasteiger partial charge in [-0.3, -0.25) is 4.79 Å². The fourth-order valence-electron chi connectivity index (χ4n) is 3.13. The first kappa shape index (κ1) is 18.4. The number of carbonyl (C=O) groups is 1. The zero-order valence-electron chi connectivity index (χ0n) is 14.1. The van der Waals surface area contributed by atoms with Crippen molar-refractivity contribution in [3.8, 4) is 0 Å². The number of hydrogen-bond donors (Lipinski definition) is 2. The van der Waals surface area contributed by atoms with E-state index >= 15 is 0 Å². The standard InChI is InChI=1S/C17H34N2O2/c1-4-5-10-19-12-15(6-7-17(20)21)11-16(13-19)18-9-8-14(2)3/h14-16,18H,4-13H2,1-3H3,(H,20,21). The molecule has 0 aromatic heterocycles. The predicted molar refractivity (Wildman–Crippen MR) is 87.6 cm³/mol. The molecule has 0 saturated carbocycles. The molecule has 0 aromatic rings. The maximum atomic E-state index is 10.8. The molecule has 2 atom stereocenters. The van der Waals surface area contributed by atoms with Gasteiger partial charge in [-0.15, -0.1) is 0 Å². The molecule has 0 bridgehead atoms. The summed E-state index contributed by atoms with van der Waals surface area (Å²) in [6.45, 7) is 11.2. The van der Waals surface area contributed by atoms with Gasteiger partial charge in [-0.1, -0.05) is 27.2 Å². The molecule has 1 fully saturated rings. The smallest absolute Gasteiger partial charge is 0.303 e. The van der Waals surface area contributed by atoms with E-state index in [4.69, 9.17) is 5.11 Å². The zero-order valence-corrected chi connectivity index (χ0v) is 14.1. The molecule has 0 spiro atoms. The van der Waals surface area contributed by atoms with E-state index < -0.39 is 5.97 Å². The van der Waals surface area contributed by atoms with E-state index in [2.05, 4.69) is 31.0 Å². The first-order valence-electron chi connectivity index (χ1n) is 8.68. The summed E-state index contributed by atoms with van der Waals surface area (Å²) in [7, 11) is 0. The van der Waals surface area contributed by atoms with E-state index in [1.165, 1.54) is 19.3 Å². The van der Waals surface area contributed by atoms with Crippen LogP contribution in [0.15, 0.2) is 0 Å². The second kappa shape index (κ2) is 10.2. The van der Waals surface area contributed by atoms with Gasteiger partial charge < -0.3 is 15.3 Å². The Hall–Kier alpha value is -0.610. The molecule has 0 radical (unpaired) electrons. The summed E-state index contributed by atoms with van der Waals surface area (Å²) in [5, 5.41) is 12.6. The van der Waals surface area contributed by atoms with Crippen LogP contribution < -0.4 is 5.32 Å². The molecule has 0 aromatic carbocycles. The maximum absolute atomic E-state index is 10.8. The average molecular weight is 298 g/mol. The highest BCUT2D eigenvalue weighted by molar-refractivity contribution is 5.66. The Bertz CT molecular complexity index is 295. The first-order chi connectivity index (χ1) is 10.0. The summed E-state index contributed by atoms with van der Waals surface area (Å²) < 4.78 is 0. The van der Waals surface area contributed by atoms with Crippen molar-refractivity contribution >= 4 is 5.97 Å². The number of rotatable bonds is 10. The van der Waals surface area contributed by atoms with E-state index in [1.807, 2.05) is 0 Å². The van der Waals surface area contributed by atoms with E-state index in [0.29, 0.717) is 18.4 Å². The first-order valence-corrected chi connectivity index (χ1v) is 8.68. The average Bonchev–Trinajstić information content (AvgIpc) is 2.42. The van der Waals surface area contributed by atoms with Gasteiger partial charge >= 0.3 is 5.97 Å². The van der Waals surface area contributed by atoms with Crippen molar-refractivity contribution in [2.24, 2.45) is 11.8 Å². The summed E-state index contributed by atoms with van der Waals surface area (Å²) >= 11 is 0. The van der Waals surface area contributed by atoms with Crippen LogP contribution in [0.4, 0.5) is 0 Å². The SMILES string of the molecule is CCCCN1CC(CCC(=O)O)CC(NCCC(C)C)C1. The largest absolute Gasteiger partial charge is 0.481 e. The van der Waals surface area contributed by atoms with Gasteiger partial charge in [-0.2, -0.15) is 0 Å². The number of piperidine rings is 1. The highest BCUT2D eigenvalue weighted by atomic mass is 16.4. The summed E-state index contributed by atoms with van der Waals surface area (Å²) in [6, 6.07) is 0.535. The van der Waals surface area contributed by atoms with Gasteiger partial charge in [0.25, 0.3) is 0 Å². The molecule has 1 rings (SSSR count). The molecule has 1 aliphatic heterocycles. The molecular weight excluding hydrogens is 264 g/mol. The van der Waals surface area contributed by atoms with Gasteiger partial charge in [0.2, 0.25) is 0 Å². The van der Waals surface area contributed by atoms with Gasteiger partial charge in [0.05, 0.1) is 0 Å². The number of likely N-dealkylation sites (tertiary alicyclic amines) is 1. The van der Waals surface area contributed by atoms with Crippen molar-refractivity contribution in [1.82, 2.24) is 10.2 Å². The summed E-state index contributed by atoms with van der Waals surface area (Å²) in [4.78, 5) is 13.3. The lowest BCUT2D eigenvalue weighted by Gasteiger charge is -2.38. The quantitative estimate of drug-likeness (QED) is 0.651. The molecule has 2 N–H and O–H groups in total. The minimum absolute atomic E-state index is 0.311. The van der Waals surface area contributed by atoms with E-state index in [0.717, 1.165) is 44.9 Å². The van der Waals surface area contributed by atoms with Crippen molar-refractivity contribution in [3.63, 3.8) is 0 Å².